The number of carbonyl (C=O) groups excluding carboxylic acids is 1. The molecule has 0 saturated carbocycles. The van der Waals surface area contributed by atoms with Crippen molar-refractivity contribution in [1.29, 1.82) is 0 Å². The number of carbonyl (C=O) groups is 1. The van der Waals surface area contributed by atoms with Gasteiger partial charge in [0.25, 0.3) is 0 Å². The molecule has 0 aliphatic heterocycles. The van der Waals surface area contributed by atoms with E-state index in [-0.39, 0.29) is 11.7 Å². The van der Waals surface area contributed by atoms with Gasteiger partial charge in [-0.15, -0.1) is 0 Å². The first kappa shape index (κ1) is 14.9. The zero-order valence-corrected chi connectivity index (χ0v) is 12.5. The average Bonchev–Trinajstić information content (AvgIpc) is 2.39. The fraction of sp³-hybridized carbons (Fsp3) is 0.417. The van der Waals surface area contributed by atoms with Crippen molar-refractivity contribution >= 4 is 28.5 Å². The first-order chi connectivity index (χ1) is 8.63. The van der Waals surface area contributed by atoms with Crippen LogP contribution < -0.4 is 14.8 Å². The van der Waals surface area contributed by atoms with Gasteiger partial charge in [-0.1, -0.05) is 28.7 Å². The van der Waals surface area contributed by atoms with Gasteiger partial charge < -0.3 is 19.9 Å². The maximum atomic E-state index is 11.1. The number of phenolic OH excluding ortho intramolecular Hbond substituents is 1. The van der Waals surface area contributed by atoms with E-state index >= 15 is 0 Å². The van der Waals surface area contributed by atoms with Gasteiger partial charge in [-0.3, -0.25) is 4.79 Å². The highest BCUT2D eigenvalue weighted by atomic mass is 127. The smallest absolute Gasteiger partial charge is 0.229 e. The Morgan fingerprint density at radius 3 is 2.67 bits per heavy atom. The largest absolute Gasteiger partial charge is 0.504 e. The Hall–Kier alpha value is -1.18. The maximum absolute atomic E-state index is 11.1. The highest BCUT2D eigenvalue weighted by molar-refractivity contribution is 14.1. The molecule has 18 heavy (non-hydrogen) atoms. The molecule has 0 aliphatic carbocycles. The Labute approximate surface area is 120 Å². The molecule has 0 aliphatic rings. The molecule has 0 saturated heterocycles. The van der Waals surface area contributed by atoms with Crippen molar-refractivity contribution in [2.24, 2.45) is 0 Å². The van der Waals surface area contributed by atoms with Crippen LogP contribution in [0, 0.1) is 0 Å². The molecule has 1 amide bonds. The van der Waals surface area contributed by atoms with Gasteiger partial charge in [0.15, 0.2) is 11.5 Å². The molecule has 0 unspecified atom stereocenters. The molecule has 1 rings (SSSR count). The summed E-state index contributed by atoms with van der Waals surface area (Å²) in [5.41, 5.74) is 0.710. The molecule has 5 nitrogen and oxygen atoms in total. The van der Waals surface area contributed by atoms with Crippen molar-refractivity contribution in [2.75, 3.05) is 25.2 Å². The lowest BCUT2D eigenvalue weighted by molar-refractivity contribution is -0.118. The number of rotatable bonds is 6. The van der Waals surface area contributed by atoms with Gasteiger partial charge in [0.05, 0.1) is 18.6 Å². The van der Waals surface area contributed by atoms with Crippen LogP contribution >= 0.6 is 22.6 Å². The summed E-state index contributed by atoms with van der Waals surface area (Å²) in [4.78, 5) is 11.1. The zero-order valence-electron chi connectivity index (χ0n) is 10.3. The topological polar surface area (TPSA) is 67.8 Å². The molecule has 0 atom stereocenters. The van der Waals surface area contributed by atoms with Gasteiger partial charge in [-0.05, 0) is 18.1 Å². The Bertz CT molecular complexity index is 423. The molecule has 6 heteroatoms. The fourth-order valence-electron chi connectivity index (χ4n) is 1.54. The third-order valence-corrected chi connectivity index (χ3v) is 3.13. The number of halogens is 1. The molecule has 0 bridgehead atoms. The van der Waals surface area contributed by atoms with Gasteiger partial charge in [0.2, 0.25) is 11.7 Å². The van der Waals surface area contributed by atoms with Crippen LogP contribution in [-0.2, 0) is 11.2 Å². The van der Waals surface area contributed by atoms with Crippen molar-refractivity contribution in [1.82, 2.24) is 5.32 Å². The van der Waals surface area contributed by atoms with Crippen LogP contribution in [0.3, 0.4) is 0 Å². The van der Waals surface area contributed by atoms with Crippen molar-refractivity contribution in [3.8, 4) is 17.2 Å². The first-order valence-corrected chi connectivity index (χ1v) is 6.92. The zero-order chi connectivity index (χ0) is 13.5. The first-order valence-electron chi connectivity index (χ1n) is 5.39. The normalized spacial score (nSPS) is 9.94. The minimum absolute atomic E-state index is 0.0180. The summed E-state index contributed by atoms with van der Waals surface area (Å²) in [6, 6.07) is 3.49. The maximum Gasteiger partial charge on any atom is 0.229 e. The quantitative estimate of drug-likeness (QED) is 0.593. The van der Waals surface area contributed by atoms with E-state index in [0.29, 0.717) is 34.5 Å². The van der Waals surface area contributed by atoms with Crippen LogP contribution in [0.1, 0.15) is 5.56 Å². The van der Waals surface area contributed by atoms with E-state index in [1.165, 1.54) is 14.2 Å². The highest BCUT2D eigenvalue weighted by Crippen LogP contribution is 2.38. The number of ether oxygens (including phenoxy) is 2. The summed E-state index contributed by atoms with van der Waals surface area (Å²) in [6.45, 7) is 0.477. The standard InChI is InChI=1S/C12H16INO4/c1-17-9-4-3-8(11(16)12(9)18-2)5-6-14-10(15)7-13/h3-4,16H,5-7H2,1-2H3,(H,14,15). The predicted molar refractivity (Wildman–Crippen MR) is 76.8 cm³/mol. The number of benzene rings is 1. The Morgan fingerprint density at radius 2 is 2.11 bits per heavy atom. The van der Waals surface area contributed by atoms with Crippen LogP contribution in [0.2, 0.25) is 0 Å². The lowest BCUT2D eigenvalue weighted by Gasteiger charge is -2.12. The molecule has 100 valence electrons. The number of alkyl halides is 1. The summed E-state index contributed by atoms with van der Waals surface area (Å²) in [7, 11) is 2.98. The molecular formula is C12H16INO4. The molecule has 0 heterocycles. The molecule has 0 aromatic heterocycles. The second-order valence-corrected chi connectivity index (χ2v) is 4.31. The minimum atomic E-state index is -0.0180. The second-order valence-electron chi connectivity index (χ2n) is 3.54. The summed E-state index contributed by atoms with van der Waals surface area (Å²) in [6.07, 6.45) is 0.536. The number of methoxy groups -OCH3 is 2. The van der Waals surface area contributed by atoms with Gasteiger partial charge in [0, 0.05) is 6.54 Å². The number of amides is 1. The molecule has 1 aromatic carbocycles. The Balaban J connectivity index is 2.75. The third-order valence-electron chi connectivity index (χ3n) is 2.44. The van der Waals surface area contributed by atoms with E-state index in [4.69, 9.17) is 9.47 Å². The van der Waals surface area contributed by atoms with Crippen LogP contribution in [0.15, 0.2) is 12.1 Å². The average molecular weight is 365 g/mol. The predicted octanol–water partition coefficient (Wildman–Crippen LogP) is 1.50. The van der Waals surface area contributed by atoms with Crippen molar-refractivity contribution in [3.63, 3.8) is 0 Å². The number of nitrogens with one attached hydrogen (secondary N) is 1. The Morgan fingerprint density at radius 1 is 1.39 bits per heavy atom. The Kier molecular flexibility index (Phi) is 6.03. The molecule has 0 spiro atoms. The summed E-state index contributed by atoms with van der Waals surface area (Å²) >= 11 is 2.00. The molecule has 1 aromatic rings. The van der Waals surface area contributed by atoms with E-state index in [1.807, 2.05) is 22.6 Å². The van der Waals surface area contributed by atoms with E-state index in [9.17, 15) is 9.90 Å². The summed E-state index contributed by atoms with van der Waals surface area (Å²) in [5, 5.41) is 12.7. The molecule has 0 fully saturated rings. The molecule has 2 N–H and O–H groups in total. The van der Waals surface area contributed by atoms with E-state index in [1.54, 1.807) is 12.1 Å². The van der Waals surface area contributed by atoms with Crippen LogP contribution in [0.25, 0.3) is 0 Å². The van der Waals surface area contributed by atoms with E-state index in [0.717, 1.165) is 0 Å². The highest BCUT2D eigenvalue weighted by Gasteiger charge is 2.13. The monoisotopic (exact) mass is 365 g/mol. The number of hydrogen-bond donors (Lipinski definition) is 2. The van der Waals surface area contributed by atoms with Gasteiger partial charge in [-0.25, -0.2) is 0 Å². The van der Waals surface area contributed by atoms with Crippen LogP contribution in [0.4, 0.5) is 0 Å². The number of phenols is 1. The SMILES string of the molecule is COc1ccc(CCNC(=O)CI)c(O)c1OC. The molecule has 0 radical (unpaired) electrons. The van der Waals surface area contributed by atoms with Crippen LogP contribution in [-0.4, -0.2) is 36.2 Å². The van der Waals surface area contributed by atoms with Crippen LogP contribution in [0.5, 0.6) is 17.2 Å². The van der Waals surface area contributed by atoms with E-state index in [2.05, 4.69) is 5.32 Å². The van der Waals surface area contributed by atoms with E-state index < -0.39 is 0 Å². The second kappa shape index (κ2) is 7.30. The van der Waals surface area contributed by atoms with Crippen molar-refractivity contribution in [2.45, 2.75) is 6.42 Å². The fourth-order valence-corrected chi connectivity index (χ4v) is 1.81. The number of aromatic hydroxyl groups is 1. The van der Waals surface area contributed by atoms with Gasteiger partial charge >= 0.3 is 0 Å². The molecular weight excluding hydrogens is 349 g/mol. The van der Waals surface area contributed by atoms with Crippen molar-refractivity contribution < 1.29 is 19.4 Å². The lowest BCUT2D eigenvalue weighted by atomic mass is 10.1. The third kappa shape index (κ3) is 3.66. The minimum Gasteiger partial charge on any atom is -0.504 e. The summed E-state index contributed by atoms with van der Waals surface area (Å²) < 4.78 is 10.6. The van der Waals surface area contributed by atoms with Gasteiger partial charge in [-0.2, -0.15) is 0 Å². The number of hydrogen-bond acceptors (Lipinski definition) is 4. The summed E-state index contributed by atoms with van der Waals surface area (Å²) in [5.74, 6) is 0.835. The van der Waals surface area contributed by atoms with Gasteiger partial charge in [0.1, 0.15) is 0 Å². The van der Waals surface area contributed by atoms with Crippen molar-refractivity contribution in [3.05, 3.63) is 17.7 Å². The lowest BCUT2D eigenvalue weighted by Crippen LogP contribution is -2.26.